The fourth-order valence-corrected chi connectivity index (χ4v) is 0.964. The topological polar surface area (TPSA) is 47.6 Å². The first-order valence-electron chi connectivity index (χ1n) is 2.60. The van der Waals surface area contributed by atoms with Crippen LogP contribution in [0.15, 0.2) is 21.9 Å². The number of benzene rings is 1. The molecule has 1 aromatic rings. The van der Waals surface area contributed by atoms with Crippen molar-refractivity contribution in [3.8, 4) is 0 Å². The van der Waals surface area contributed by atoms with Crippen LogP contribution in [-0.4, -0.2) is 0 Å². The Hall–Kier alpha value is -0.480. The molecule has 10 heavy (non-hydrogen) atoms. The molecule has 0 aliphatic carbocycles. The van der Waals surface area contributed by atoms with Crippen molar-refractivity contribution in [2.75, 3.05) is 0 Å². The van der Waals surface area contributed by atoms with Crippen LogP contribution in [-0.2, 0) is 0 Å². The third-order valence-electron chi connectivity index (χ3n) is 1.11. The molecule has 0 unspecified atom stereocenters. The molecule has 0 saturated carbocycles. The fraction of sp³-hybridized carbons (Fsp3) is 0. The predicted octanol–water partition coefficient (Wildman–Crippen LogP) is 2.09. The first-order valence-corrected chi connectivity index (χ1v) is 3.50. The van der Waals surface area contributed by atoms with E-state index in [1.54, 1.807) is 0 Å². The summed E-state index contributed by atoms with van der Waals surface area (Å²) in [6, 6.07) is 3.02. The average molecular weight is 170 g/mol. The van der Waals surface area contributed by atoms with Gasteiger partial charge in [-0.3, -0.25) is 11.5 Å². The lowest BCUT2D eigenvalue weighted by atomic mass is 10.3. The van der Waals surface area contributed by atoms with Crippen LogP contribution >= 0.6 is 25.3 Å². The van der Waals surface area contributed by atoms with E-state index in [-0.39, 0.29) is 0 Å². The summed E-state index contributed by atoms with van der Waals surface area (Å²) in [5.41, 5.74) is 15.1. The van der Waals surface area contributed by atoms with Crippen molar-refractivity contribution in [3.63, 3.8) is 0 Å². The molecule has 0 heterocycles. The second-order valence-corrected chi connectivity index (χ2v) is 2.85. The summed E-state index contributed by atoms with van der Waals surface area (Å²) in [4.78, 5) is 1.03. The van der Waals surface area contributed by atoms with E-state index in [4.69, 9.17) is 11.5 Å². The third kappa shape index (κ3) is 1.33. The highest BCUT2D eigenvalue weighted by molar-refractivity contribution is 7.81. The molecule has 4 heteroatoms. The molecule has 0 aliphatic heterocycles. The molecule has 52 valence electrons. The van der Waals surface area contributed by atoms with Gasteiger partial charge in [0, 0.05) is 9.79 Å². The molecule has 0 amide bonds. The largest absolute Gasteiger partial charge is 0.300 e. The molecular weight excluding hydrogens is 164 g/mol. The van der Waals surface area contributed by atoms with Crippen molar-refractivity contribution >= 4 is 36.6 Å². The number of thiol groups is 2. The molecule has 0 saturated heterocycles. The van der Waals surface area contributed by atoms with Crippen LogP contribution in [0.3, 0.4) is 0 Å². The lowest BCUT2D eigenvalue weighted by Crippen LogP contribution is -1.77. The zero-order valence-corrected chi connectivity index (χ0v) is 6.84. The Bertz CT molecular complexity index is 210. The fourth-order valence-electron chi connectivity index (χ4n) is 0.577. The predicted molar refractivity (Wildman–Crippen MR) is 46.5 cm³/mol. The van der Waals surface area contributed by atoms with Crippen LogP contribution < -0.4 is 11.5 Å². The van der Waals surface area contributed by atoms with Gasteiger partial charge in [-0.15, -0.1) is 25.3 Å². The van der Waals surface area contributed by atoms with E-state index in [9.17, 15) is 0 Å². The van der Waals surface area contributed by atoms with Crippen molar-refractivity contribution in [1.29, 1.82) is 0 Å². The minimum Gasteiger partial charge on any atom is -0.300 e. The lowest BCUT2D eigenvalue weighted by molar-refractivity contribution is 1.25. The van der Waals surface area contributed by atoms with Crippen LogP contribution in [0.1, 0.15) is 0 Å². The molecule has 1 aromatic carbocycles. The van der Waals surface area contributed by atoms with Gasteiger partial charge in [-0.2, -0.15) is 0 Å². The second-order valence-electron chi connectivity index (χ2n) is 1.89. The van der Waals surface area contributed by atoms with Crippen molar-refractivity contribution in [2.24, 2.45) is 0 Å². The van der Waals surface area contributed by atoms with Crippen molar-refractivity contribution in [2.45, 2.75) is 9.79 Å². The first kappa shape index (κ1) is 7.63. The minimum atomic E-state index is 0.310. The maximum Gasteiger partial charge on any atom is 0.0685 e. The van der Waals surface area contributed by atoms with E-state index < -0.39 is 0 Å². The summed E-state index contributed by atoms with van der Waals surface area (Å²) in [6.45, 7) is 0. The van der Waals surface area contributed by atoms with Gasteiger partial charge in [0.2, 0.25) is 0 Å². The normalized spacial score (nSPS) is 9.80. The molecule has 0 fully saturated rings. The van der Waals surface area contributed by atoms with Gasteiger partial charge in [-0.25, -0.2) is 0 Å². The van der Waals surface area contributed by atoms with Crippen LogP contribution in [0.25, 0.3) is 0 Å². The molecule has 0 aromatic heterocycles. The molecule has 0 aliphatic rings. The highest BCUT2D eigenvalue weighted by Gasteiger charge is 1.99. The average Bonchev–Trinajstić information content (AvgIpc) is 1.84. The number of rotatable bonds is 0. The van der Waals surface area contributed by atoms with E-state index in [2.05, 4.69) is 25.3 Å². The maximum absolute atomic E-state index is 7.25. The van der Waals surface area contributed by atoms with Crippen molar-refractivity contribution < 1.29 is 0 Å². The van der Waals surface area contributed by atoms with Gasteiger partial charge in [0.05, 0.1) is 11.4 Å². The highest BCUT2D eigenvalue weighted by Crippen LogP contribution is 2.27. The molecule has 2 N–H and O–H groups in total. The third-order valence-corrected chi connectivity index (χ3v) is 1.85. The summed E-state index contributed by atoms with van der Waals surface area (Å²) < 4.78 is 0. The quantitative estimate of drug-likeness (QED) is 0.560. The first-order chi connectivity index (χ1) is 4.61. The van der Waals surface area contributed by atoms with Crippen LogP contribution in [0.5, 0.6) is 0 Å². The van der Waals surface area contributed by atoms with Crippen molar-refractivity contribution in [3.05, 3.63) is 12.1 Å². The summed E-state index contributed by atoms with van der Waals surface area (Å²) in [6.07, 6.45) is 0. The molecule has 1 rings (SSSR count). The Balaban J connectivity index is 3.28. The zero-order chi connectivity index (χ0) is 7.72. The van der Waals surface area contributed by atoms with Crippen LogP contribution in [0, 0.1) is 0 Å². The van der Waals surface area contributed by atoms with Crippen molar-refractivity contribution in [1.82, 2.24) is 11.5 Å². The van der Waals surface area contributed by atoms with Gasteiger partial charge < -0.3 is 0 Å². The standard InChI is InChI=1S/C6H6N2S2/c7-3-1-5(9)4(8)2-6(3)10/h1-2,7-10H. The Morgan fingerprint density at radius 1 is 0.900 bits per heavy atom. The van der Waals surface area contributed by atoms with Gasteiger partial charge >= 0.3 is 0 Å². The van der Waals surface area contributed by atoms with E-state index in [1.165, 1.54) is 12.1 Å². The van der Waals surface area contributed by atoms with Gasteiger partial charge in [-0.1, -0.05) is 0 Å². The molecule has 2 radical (unpaired) electrons. The van der Waals surface area contributed by atoms with Gasteiger partial charge in [0.15, 0.2) is 0 Å². The monoisotopic (exact) mass is 170 g/mol. The highest BCUT2D eigenvalue weighted by atomic mass is 32.1. The van der Waals surface area contributed by atoms with Crippen LogP contribution in [0.2, 0.25) is 0 Å². The van der Waals surface area contributed by atoms with E-state index >= 15 is 0 Å². The number of nitrogens with one attached hydrogen (secondary N) is 2. The molecule has 2 nitrogen and oxygen atoms in total. The molecular formula is C6H6N2S2. The Morgan fingerprint density at radius 2 is 1.20 bits per heavy atom. The van der Waals surface area contributed by atoms with Gasteiger partial charge in [0.25, 0.3) is 0 Å². The number of hydrogen-bond donors (Lipinski definition) is 2. The van der Waals surface area contributed by atoms with E-state index in [0.717, 1.165) is 0 Å². The molecule has 0 bridgehead atoms. The summed E-state index contributed by atoms with van der Waals surface area (Å²) in [7, 11) is 0. The second kappa shape index (κ2) is 2.64. The smallest absolute Gasteiger partial charge is 0.0685 e. The van der Waals surface area contributed by atoms with Crippen LogP contribution in [0.4, 0.5) is 11.4 Å². The maximum atomic E-state index is 7.25. The summed E-state index contributed by atoms with van der Waals surface area (Å²) in [5.74, 6) is 0. The summed E-state index contributed by atoms with van der Waals surface area (Å²) >= 11 is 7.95. The Kier molecular flexibility index (Phi) is 2.01. The minimum absolute atomic E-state index is 0.310. The zero-order valence-electron chi connectivity index (χ0n) is 5.05. The number of hydrogen-bond acceptors (Lipinski definition) is 2. The Morgan fingerprint density at radius 3 is 1.50 bits per heavy atom. The van der Waals surface area contributed by atoms with Gasteiger partial charge in [0.1, 0.15) is 0 Å². The molecule has 0 spiro atoms. The van der Waals surface area contributed by atoms with E-state index in [1.807, 2.05) is 0 Å². The Labute approximate surface area is 70.4 Å². The van der Waals surface area contributed by atoms with E-state index in [0.29, 0.717) is 21.2 Å². The lowest BCUT2D eigenvalue weighted by Gasteiger charge is -2.00. The van der Waals surface area contributed by atoms with Gasteiger partial charge in [-0.05, 0) is 12.1 Å². The summed E-state index contributed by atoms with van der Waals surface area (Å²) in [5, 5.41) is 0. The SMILES string of the molecule is [NH]c1cc(S)c([NH])cc1S. The molecule has 0 atom stereocenters.